The highest BCUT2D eigenvalue weighted by Gasteiger charge is 2.48. The van der Waals surface area contributed by atoms with Gasteiger partial charge in [0.2, 0.25) is 5.13 Å². The number of carbonyl (C=O) groups is 2. The number of aliphatic hydroxyl groups excluding tert-OH is 1. The molecule has 1 saturated heterocycles. The number of anilines is 1. The summed E-state index contributed by atoms with van der Waals surface area (Å²) in [6.07, 6.45) is 1.61. The van der Waals surface area contributed by atoms with Crippen LogP contribution in [0.15, 0.2) is 83.2 Å². The van der Waals surface area contributed by atoms with E-state index in [0.29, 0.717) is 61.7 Å². The molecule has 0 unspecified atom stereocenters. The Balaban J connectivity index is 1.39. The lowest BCUT2D eigenvalue weighted by Crippen LogP contribution is -2.29. The summed E-state index contributed by atoms with van der Waals surface area (Å²) in [7, 11) is 0. The highest BCUT2D eigenvalue weighted by atomic mass is 35.5. The van der Waals surface area contributed by atoms with Crippen LogP contribution in [-0.2, 0) is 15.3 Å². The number of ether oxygens (including phenoxy) is 3. The molecule has 4 aromatic rings. The highest BCUT2D eigenvalue weighted by molar-refractivity contribution is 8.00. The van der Waals surface area contributed by atoms with Gasteiger partial charge in [-0.2, -0.15) is 0 Å². The van der Waals surface area contributed by atoms with E-state index in [9.17, 15) is 14.7 Å². The van der Waals surface area contributed by atoms with Gasteiger partial charge in [0.15, 0.2) is 15.8 Å². The van der Waals surface area contributed by atoms with Crippen LogP contribution in [0.4, 0.5) is 5.13 Å². The Morgan fingerprint density at radius 3 is 2.70 bits per heavy atom. The topological polar surface area (TPSA) is 111 Å². The molecule has 2 aliphatic heterocycles. The largest absolute Gasteiger partial charge is 0.507 e. The zero-order valence-electron chi connectivity index (χ0n) is 22.9. The Morgan fingerprint density at radius 2 is 1.91 bits per heavy atom. The molecule has 1 aromatic heterocycles. The molecule has 0 saturated carbocycles. The molecule has 3 aromatic carbocycles. The van der Waals surface area contributed by atoms with Crippen LogP contribution in [0.1, 0.15) is 22.7 Å². The Hall–Kier alpha value is -4.03. The molecule has 44 heavy (non-hydrogen) atoms. The number of hydrogen-bond acceptors (Lipinski definition) is 10. The summed E-state index contributed by atoms with van der Waals surface area (Å²) in [6, 6.07) is 16.0. The quantitative estimate of drug-likeness (QED) is 0.0499. The molecule has 9 nitrogen and oxygen atoms in total. The molecular formula is C31H23Cl2N3O6S2. The van der Waals surface area contributed by atoms with Crippen molar-refractivity contribution in [2.75, 3.05) is 24.7 Å². The average molecular weight is 669 g/mol. The van der Waals surface area contributed by atoms with Crippen LogP contribution in [0.2, 0.25) is 10.0 Å². The van der Waals surface area contributed by atoms with Gasteiger partial charge in [-0.15, -0.1) is 10.2 Å². The minimum atomic E-state index is -1.02. The van der Waals surface area contributed by atoms with Gasteiger partial charge in [0.05, 0.1) is 11.6 Å². The maximum Gasteiger partial charge on any atom is 0.301 e. The predicted octanol–water partition coefficient (Wildman–Crippen LogP) is 7.10. The van der Waals surface area contributed by atoms with Crippen LogP contribution < -0.4 is 19.1 Å². The Kier molecular flexibility index (Phi) is 8.81. The second-order valence-corrected chi connectivity index (χ2v) is 12.6. The van der Waals surface area contributed by atoms with Gasteiger partial charge in [-0.3, -0.25) is 14.5 Å². The third-order valence-corrected chi connectivity index (χ3v) is 9.46. The zero-order valence-corrected chi connectivity index (χ0v) is 26.0. The van der Waals surface area contributed by atoms with Crippen LogP contribution in [0.25, 0.3) is 5.76 Å². The van der Waals surface area contributed by atoms with E-state index in [1.807, 2.05) is 6.07 Å². The normalized spacial score (nSPS) is 17.1. The summed E-state index contributed by atoms with van der Waals surface area (Å²) in [5.74, 6) is -0.132. The number of nitrogens with zero attached hydrogens (tertiary/aromatic N) is 3. The maximum atomic E-state index is 13.6. The molecule has 0 bridgehead atoms. The number of hydrogen-bond donors (Lipinski definition) is 1. The first-order valence-electron chi connectivity index (χ1n) is 13.3. The van der Waals surface area contributed by atoms with Gasteiger partial charge in [0.25, 0.3) is 5.78 Å². The van der Waals surface area contributed by atoms with Crippen molar-refractivity contribution in [3.63, 3.8) is 0 Å². The summed E-state index contributed by atoms with van der Waals surface area (Å²) < 4.78 is 17.5. The lowest BCUT2D eigenvalue weighted by molar-refractivity contribution is -0.132. The summed E-state index contributed by atoms with van der Waals surface area (Å²) >= 11 is 14.9. The van der Waals surface area contributed by atoms with Gasteiger partial charge in [-0.05, 0) is 53.6 Å². The Morgan fingerprint density at radius 1 is 1.09 bits per heavy atom. The minimum Gasteiger partial charge on any atom is -0.507 e. The zero-order chi connectivity index (χ0) is 30.8. The number of benzene rings is 3. The van der Waals surface area contributed by atoms with E-state index >= 15 is 0 Å². The van der Waals surface area contributed by atoms with E-state index in [0.717, 1.165) is 16.9 Å². The van der Waals surface area contributed by atoms with Gasteiger partial charge in [-0.25, -0.2) is 0 Å². The van der Waals surface area contributed by atoms with Crippen molar-refractivity contribution in [1.82, 2.24) is 10.2 Å². The third kappa shape index (κ3) is 6.00. The van der Waals surface area contributed by atoms with Crippen molar-refractivity contribution in [3.8, 4) is 17.2 Å². The van der Waals surface area contributed by atoms with Gasteiger partial charge in [0.1, 0.15) is 31.3 Å². The van der Waals surface area contributed by atoms with Crippen molar-refractivity contribution in [3.05, 3.63) is 106 Å². The first-order valence-corrected chi connectivity index (χ1v) is 15.8. The summed E-state index contributed by atoms with van der Waals surface area (Å²) in [5.41, 5.74) is 1.57. The van der Waals surface area contributed by atoms with Crippen LogP contribution in [0.5, 0.6) is 17.2 Å². The standard InChI is InChI=1S/C31H23Cl2N3O6S2/c1-2-10-40-21-5-3-4-17(13-21)26-25(27(37)18-7-9-23-24(14-18)42-12-11-41-23)28(38)29(39)36(26)30-34-35-31(44-30)43-16-19-6-8-20(32)15-22(19)33/h2-9,13-15,26,37H,1,10-12,16H2/b27-25+/t26-/m0/s1. The van der Waals surface area contributed by atoms with E-state index in [4.69, 9.17) is 37.4 Å². The number of thioether (sulfide) groups is 1. The first-order chi connectivity index (χ1) is 21.3. The monoisotopic (exact) mass is 667 g/mol. The van der Waals surface area contributed by atoms with E-state index in [1.54, 1.807) is 60.7 Å². The van der Waals surface area contributed by atoms with Gasteiger partial charge < -0.3 is 19.3 Å². The van der Waals surface area contributed by atoms with Crippen molar-refractivity contribution >= 4 is 68.9 Å². The fourth-order valence-corrected chi connectivity index (χ4v) is 7.18. The van der Waals surface area contributed by atoms with Crippen molar-refractivity contribution in [2.45, 2.75) is 16.1 Å². The number of Topliss-reactive ketones (excluding diaryl/α,β-unsaturated/α-hetero) is 1. The van der Waals surface area contributed by atoms with E-state index in [1.165, 1.54) is 16.7 Å². The number of ketones is 1. The Labute approximate surface area is 270 Å². The molecule has 0 aliphatic carbocycles. The molecule has 13 heteroatoms. The second-order valence-electron chi connectivity index (χ2n) is 9.57. The van der Waals surface area contributed by atoms with Crippen molar-refractivity contribution in [2.24, 2.45) is 0 Å². The lowest BCUT2D eigenvalue weighted by atomic mass is 9.95. The lowest BCUT2D eigenvalue weighted by Gasteiger charge is -2.23. The van der Waals surface area contributed by atoms with E-state index in [2.05, 4.69) is 16.8 Å². The molecule has 1 N–H and O–H groups in total. The second kappa shape index (κ2) is 12.9. The average Bonchev–Trinajstić information content (AvgIpc) is 3.60. The predicted molar refractivity (Wildman–Crippen MR) is 170 cm³/mol. The molecule has 0 radical (unpaired) electrons. The number of fused-ring (bicyclic) bond motifs is 1. The molecular weight excluding hydrogens is 645 g/mol. The van der Waals surface area contributed by atoms with Crippen molar-refractivity contribution < 1.29 is 28.9 Å². The summed E-state index contributed by atoms with van der Waals surface area (Å²) in [6.45, 7) is 4.69. The van der Waals surface area contributed by atoms with E-state index in [-0.39, 0.29) is 23.1 Å². The molecule has 1 amide bonds. The number of aromatic nitrogens is 2. The first kappa shape index (κ1) is 30.0. The highest BCUT2D eigenvalue weighted by Crippen LogP contribution is 2.45. The fraction of sp³-hybridized carbons (Fsp3) is 0.161. The fourth-order valence-electron chi connectivity index (χ4n) is 4.76. The third-order valence-electron chi connectivity index (χ3n) is 6.77. The number of carbonyl (C=O) groups excluding carboxylic acids is 2. The van der Waals surface area contributed by atoms with Gasteiger partial charge in [0, 0.05) is 21.4 Å². The minimum absolute atomic E-state index is 0.107. The van der Waals surface area contributed by atoms with Crippen LogP contribution in [0.3, 0.4) is 0 Å². The van der Waals surface area contributed by atoms with Crippen LogP contribution >= 0.6 is 46.3 Å². The molecule has 6 rings (SSSR count). The molecule has 0 spiro atoms. The smallest absolute Gasteiger partial charge is 0.301 e. The Bertz CT molecular complexity index is 1810. The van der Waals surface area contributed by atoms with Gasteiger partial charge >= 0.3 is 5.91 Å². The van der Waals surface area contributed by atoms with E-state index < -0.39 is 17.7 Å². The van der Waals surface area contributed by atoms with Crippen LogP contribution in [0, 0.1) is 0 Å². The number of halogens is 2. The number of aliphatic hydroxyl groups is 1. The van der Waals surface area contributed by atoms with Gasteiger partial charge in [-0.1, -0.05) is 77.2 Å². The SMILES string of the molecule is C=CCOc1cccc([C@H]2/C(=C(\O)c3ccc4c(c3)OCCO4)C(=O)C(=O)N2c2nnc(SCc3ccc(Cl)cc3Cl)s2)c1. The summed E-state index contributed by atoms with van der Waals surface area (Å²) in [5, 5.41) is 21.3. The van der Waals surface area contributed by atoms with Crippen LogP contribution in [-0.4, -0.2) is 46.8 Å². The van der Waals surface area contributed by atoms with Crippen molar-refractivity contribution in [1.29, 1.82) is 0 Å². The molecule has 1 atom stereocenters. The summed E-state index contributed by atoms with van der Waals surface area (Å²) in [4.78, 5) is 28.5. The number of amides is 1. The molecule has 2 aliphatic rings. The maximum absolute atomic E-state index is 13.6. The molecule has 3 heterocycles. The number of rotatable bonds is 9. The molecule has 224 valence electrons. The molecule has 1 fully saturated rings.